The first kappa shape index (κ1) is 15.1. The first-order valence-electron chi connectivity index (χ1n) is 6.85. The third-order valence-electron chi connectivity index (χ3n) is 3.49. The predicted molar refractivity (Wildman–Crippen MR) is 70.2 cm³/mol. The lowest BCUT2D eigenvalue weighted by molar-refractivity contribution is -0.130. The Morgan fingerprint density at radius 1 is 1.33 bits per heavy atom. The fourth-order valence-corrected chi connectivity index (χ4v) is 2.34. The molecule has 18 heavy (non-hydrogen) atoms. The maximum absolute atomic E-state index is 10.6. The summed E-state index contributed by atoms with van der Waals surface area (Å²) in [6.07, 6.45) is 3.43. The molecule has 0 radical (unpaired) electrons. The molecule has 104 valence electrons. The average molecular weight is 255 g/mol. The van der Waals surface area contributed by atoms with Crippen molar-refractivity contribution in [1.82, 2.24) is 15.0 Å². The van der Waals surface area contributed by atoms with Crippen molar-refractivity contribution < 1.29 is 9.84 Å². The van der Waals surface area contributed by atoms with Crippen molar-refractivity contribution in [3.8, 4) is 0 Å². The molecule has 0 aliphatic heterocycles. The molecule has 1 heterocycles. The van der Waals surface area contributed by atoms with Gasteiger partial charge in [0.25, 0.3) is 0 Å². The van der Waals surface area contributed by atoms with E-state index in [4.69, 9.17) is 4.74 Å². The zero-order valence-electron chi connectivity index (χ0n) is 11.9. The molecule has 1 atom stereocenters. The Morgan fingerprint density at radius 3 is 2.50 bits per heavy atom. The normalized spacial score (nSPS) is 13.8. The van der Waals surface area contributed by atoms with Crippen molar-refractivity contribution in [3.05, 3.63) is 11.9 Å². The zero-order chi connectivity index (χ0) is 13.6. The van der Waals surface area contributed by atoms with Gasteiger partial charge in [0, 0.05) is 13.2 Å². The fourth-order valence-electron chi connectivity index (χ4n) is 2.34. The number of ether oxygens (including phenoxy) is 1. The topological polar surface area (TPSA) is 60.2 Å². The number of nitrogens with zero attached hydrogens (tertiary/aromatic N) is 3. The highest BCUT2D eigenvalue weighted by molar-refractivity contribution is 5.07. The van der Waals surface area contributed by atoms with E-state index < -0.39 is 11.7 Å². The lowest BCUT2D eigenvalue weighted by Crippen LogP contribution is -2.39. The lowest BCUT2D eigenvalue weighted by Gasteiger charge is -2.36. The van der Waals surface area contributed by atoms with Crippen LogP contribution in [0.4, 0.5) is 0 Å². The Balaban J connectivity index is 3.01. The molecule has 0 aromatic carbocycles. The summed E-state index contributed by atoms with van der Waals surface area (Å²) in [6, 6.07) is 0. The summed E-state index contributed by atoms with van der Waals surface area (Å²) in [4.78, 5) is 0. The molecule has 5 heteroatoms. The molecule has 0 spiro atoms. The maximum Gasteiger partial charge on any atom is 0.126 e. The second-order valence-corrected chi connectivity index (χ2v) is 4.49. The van der Waals surface area contributed by atoms with Gasteiger partial charge in [-0.05, 0) is 26.2 Å². The standard InChI is InChI=1S/C13H25N3O2/c1-5-9-16-11(10-14-15-16)12(17)13(6-2,7-3)18-8-4/h10,12,17H,5-9H2,1-4H3. The first-order chi connectivity index (χ1) is 8.65. The predicted octanol–water partition coefficient (Wildman–Crippen LogP) is 2.32. The molecular weight excluding hydrogens is 230 g/mol. The van der Waals surface area contributed by atoms with Gasteiger partial charge in [0.15, 0.2) is 0 Å². The summed E-state index contributed by atoms with van der Waals surface area (Å²) in [6.45, 7) is 9.46. The lowest BCUT2D eigenvalue weighted by atomic mass is 9.88. The maximum atomic E-state index is 10.6. The van der Waals surface area contributed by atoms with Gasteiger partial charge in [-0.3, -0.25) is 0 Å². The monoisotopic (exact) mass is 255 g/mol. The van der Waals surface area contributed by atoms with E-state index in [-0.39, 0.29) is 0 Å². The van der Waals surface area contributed by atoms with Crippen LogP contribution in [0.2, 0.25) is 0 Å². The van der Waals surface area contributed by atoms with Crippen LogP contribution in [0.25, 0.3) is 0 Å². The number of aliphatic hydroxyl groups is 1. The van der Waals surface area contributed by atoms with E-state index in [1.807, 2.05) is 20.8 Å². The van der Waals surface area contributed by atoms with Gasteiger partial charge >= 0.3 is 0 Å². The highest BCUT2D eigenvalue weighted by Gasteiger charge is 2.38. The van der Waals surface area contributed by atoms with Gasteiger partial charge in [-0.15, -0.1) is 5.10 Å². The Kier molecular flexibility index (Phi) is 5.75. The van der Waals surface area contributed by atoms with Crippen molar-refractivity contribution in [1.29, 1.82) is 0 Å². The minimum atomic E-state index is -0.686. The summed E-state index contributed by atoms with van der Waals surface area (Å²) >= 11 is 0. The zero-order valence-corrected chi connectivity index (χ0v) is 11.9. The molecule has 0 amide bonds. The third-order valence-corrected chi connectivity index (χ3v) is 3.49. The van der Waals surface area contributed by atoms with E-state index in [1.54, 1.807) is 10.9 Å². The van der Waals surface area contributed by atoms with Crippen LogP contribution in [0.3, 0.4) is 0 Å². The highest BCUT2D eigenvalue weighted by atomic mass is 16.5. The van der Waals surface area contributed by atoms with E-state index in [0.717, 1.165) is 31.5 Å². The Labute approximate surface area is 109 Å². The summed E-state index contributed by atoms with van der Waals surface area (Å²) in [5, 5.41) is 18.6. The van der Waals surface area contributed by atoms with Gasteiger partial charge in [-0.1, -0.05) is 26.0 Å². The molecule has 0 saturated heterocycles. The number of hydrogen-bond acceptors (Lipinski definition) is 4. The molecule has 1 aromatic heterocycles. The van der Waals surface area contributed by atoms with E-state index in [2.05, 4.69) is 17.2 Å². The molecule has 0 fully saturated rings. The second-order valence-electron chi connectivity index (χ2n) is 4.49. The van der Waals surface area contributed by atoms with E-state index in [9.17, 15) is 5.11 Å². The quantitative estimate of drug-likeness (QED) is 0.774. The second kappa shape index (κ2) is 6.85. The summed E-state index contributed by atoms with van der Waals surface area (Å²) < 4.78 is 7.60. The molecule has 0 aliphatic rings. The number of aryl methyl sites for hydroxylation is 1. The van der Waals surface area contributed by atoms with E-state index in [0.29, 0.717) is 6.61 Å². The van der Waals surface area contributed by atoms with Gasteiger partial charge in [-0.25, -0.2) is 4.68 Å². The molecule has 0 saturated carbocycles. The third kappa shape index (κ3) is 2.90. The number of rotatable bonds is 8. The number of aliphatic hydroxyl groups excluding tert-OH is 1. The van der Waals surface area contributed by atoms with Crippen molar-refractivity contribution in [2.45, 2.75) is 65.2 Å². The molecule has 0 bridgehead atoms. The molecular formula is C13H25N3O2. The van der Waals surface area contributed by atoms with E-state index >= 15 is 0 Å². The van der Waals surface area contributed by atoms with Crippen LogP contribution < -0.4 is 0 Å². The molecule has 1 aromatic rings. The minimum Gasteiger partial charge on any atom is -0.384 e. The SMILES string of the molecule is CCCn1nncc1C(O)C(CC)(CC)OCC. The van der Waals surface area contributed by atoms with Gasteiger partial charge in [0.1, 0.15) is 6.10 Å². The highest BCUT2D eigenvalue weighted by Crippen LogP contribution is 2.35. The van der Waals surface area contributed by atoms with Crippen LogP contribution in [-0.2, 0) is 11.3 Å². The van der Waals surface area contributed by atoms with Gasteiger partial charge in [0.05, 0.1) is 17.5 Å². The van der Waals surface area contributed by atoms with Crippen molar-refractivity contribution >= 4 is 0 Å². The van der Waals surface area contributed by atoms with Gasteiger partial charge in [-0.2, -0.15) is 0 Å². The molecule has 1 N–H and O–H groups in total. The largest absolute Gasteiger partial charge is 0.384 e. The molecule has 0 aliphatic carbocycles. The van der Waals surface area contributed by atoms with Crippen LogP contribution in [0.5, 0.6) is 0 Å². The average Bonchev–Trinajstić information content (AvgIpc) is 2.84. The summed E-state index contributed by atoms with van der Waals surface area (Å²) in [5.74, 6) is 0. The van der Waals surface area contributed by atoms with E-state index in [1.165, 1.54) is 0 Å². The Hall–Kier alpha value is -0.940. The van der Waals surface area contributed by atoms with Crippen molar-refractivity contribution in [3.63, 3.8) is 0 Å². The molecule has 1 rings (SSSR count). The Morgan fingerprint density at radius 2 is 2.00 bits per heavy atom. The first-order valence-corrected chi connectivity index (χ1v) is 6.85. The van der Waals surface area contributed by atoms with Crippen molar-refractivity contribution in [2.75, 3.05) is 6.61 Å². The van der Waals surface area contributed by atoms with Crippen LogP contribution in [0.15, 0.2) is 6.20 Å². The molecule has 5 nitrogen and oxygen atoms in total. The van der Waals surface area contributed by atoms with Crippen LogP contribution >= 0.6 is 0 Å². The smallest absolute Gasteiger partial charge is 0.126 e. The Bertz CT molecular complexity index is 348. The van der Waals surface area contributed by atoms with Crippen molar-refractivity contribution in [2.24, 2.45) is 0 Å². The fraction of sp³-hybridized carbons (Fsp3) is 0.846. The van der Waals surface area contributed by atoms with Crippen LogP contribution in [0, 0.1) is 0 Å². The summed E-state index contributed by atoms with van der Waals surface area (Å²) in [5.41, 5.74) is 0.205. The van der Waals surface area contributed by atoms with Crippen LogP contribution in [-0.4, -0.2) is 32.3 Å². The van der Waals surface area contributed by atoms with Gasteiger partial charge in [0.2, 0.25) is 0 Å². The summed E-state index contributed by atoms with van der Waals surface area (Å²) in [7, 11) is 0. The minimum absolute atomic E-state index is 0.540. The number of hydrogen-bond donors (Lipinski definition) is 1. The van der Waals surface area contributed by atoms with Gasteiger partial charge < -0.3 is 9.84 Å². The van der Waals surface area contributed by atoms with Crippen LogP contribution in [0.1, 0.15) is 58.8 Å². The molecule has 1 unspecified atom stereocenters. The number of aromatic nitrogens is 3.